The third-order valence-corrected chi connectivity index (χ3v) is 3.09. The second-order valence-corrected chi connectivity index (χ2v) is 4.97. The normalized spacial score (nSPS) is 10.2. The van der Waals surface area contributed by atoms with Crippen LogP contribution in [0.1, 0.15) is 20.8 Å². The van der Waals surface area contributed by atoms with Gasteiger partial charge in [0.15, 0.2) is 11.5 Å². The van der Waals surface area contributed by atoms with Gasteiger partial charge in [0.25, 0.3) is 11.8 Å². The van der Waals surface area contributed by atoms with E-state index in [1.807, 2.05) is 0 Å². The van der Waals surface area contributed by atoms with Crippen molar-refractivity contribution in [2.75, 3.05) is 26.9 Å². The second-order valence-electron chi connectivity index (χ2n) is 4.97. The lowest BCUT2D eigenvalue weighted by atomic mass is 10.1. The first-order chi connectivity index (χ1) is 10.9. The van der Waals surface area contributed by atoms with Crippen molar-refractivity contribution in [3.63, 3.8) is 0 Å². The Morgan fingerprint density at radius 3 is 2.39 bits per heavy atom. The Kier molecular flexibility index (Phi) is 4.87. The minimum Gasteiger partial charge on any atom is -0.382 e. The van der Waals surface area contributed by atoms with E-state index in [0.29, 0.717) is 11.3 Å². The Morgan fingerprint density at radius 2 is 1.83 bits per heavy atom. The van der Waals surface area contributed by atoms with E-state index < -0.39 is 5.91 Å². The summed E-state index contributed by atoms with van der Waals surface area (Å²) in [6.45, 7) is 0. The molecule has 0 radical (unpaired) electrons. The molecule has 2 amide bonds. The fourth-order valence-electron chi connectivity index (χ4n) is 1.92. The summed E-state index contributed by atoms with van der Waals surface area (Å²) in [5, 5.41) is 0. The molecule has 0 fully saturated rings. The lowest BCUT2D eigenvalue weighted by Crippen LogP contribution is -2.35. The Labute approximate surface area is 133 Å². The number of aromatic nitrogens is 2. The fraction of sp³-hybridized carbons (Fsp3) is 0.200. The second kappa shape index (κ2) is 6.84. The molecule has 0 spiro atoms. The summed E-state index contributed by atoms with van der Waals surface area (Å²) in [6, 6.07) is 6.89. The van der Waals surface area contributed by atoms with Crippen LogP contribution in [-0.2, 0) is 0 Å². The van der Waals surface area contributed by atoms with Crippen molar-refractivity contribution in [1.29, 1.82) is 0 Å². The van der Waals surface area contributed by atoms with E-state index in [0.717, 1.165) is 5.56 Å². The number of benzene rings is 1. The number of nitrogens with one attached hydrogen (secondary N) is 2. The Hall–Kier alpha value is -3.00. The third-order valence-electron chi connectivity index (χ3n) is 3.09. The number of hydrogen-bond acceptors (Lipinski definition) is 6. The zero-order chi connectivity index (χ0) is 17.0. The standard InChI is InChI=1S/C15H18N6O2/c1-17-20-14(22)12-13(16)18-8-11(19-12)9-4-6-10(7-5-9)15(23)21(2)3/h4-8,17H,1-3H3,(H2,16,18)(H,20,22). The van der Waals surface area contributed by atoms with Crippen LogP contribution in [0.15, 0.2) is 30.5 Å². The van der Waals surface area contributed by atoms with Crippen LogP contribution in [0.25, 0.3) is 11.3 Å². The molecule has 4 N–H and O–H groups in total. The van der Waals surface area contributed by atoms with E-state index in [-0.39, 0.29) is 17.4 Å². The van der Waals surface area contributed by atoms with Crippen molar-refractivity contribution in [3.05, 3.63) is 41.7 Å². The van der Waals surface area contributed by atoms with Crippen LogP contribution in [0.3, 0.4) is 0 Å². The van der Waals surface area contributed by atoms with Gasteiger partial charge in [0.2, 0.25) is 0 Å². The van der Waals surface area contributed by atoms with Crippen LogP contribution in [0.4, 0.5) is 5.82 Å². The molecule has 0 atom stereocenters. The predicted octanol–water partition coefficient (Wildman–Crippen LogP) is 0.292. The lowest BCUT2D eigenvalue weighted by molar-refractivity contribution is 0.0827. The van der Waals surface area contributed by atoms with Gasteiger partial charge in [-0.25, -0.2) is 15.4 Å². The van der Waals surface area contributed by atoms with E-state index in [1.54, 1.807) is 45.4 Å². The number of anilines is 1. The topological polar surface area (TPSA) is 113 Å². The van der Waals surface area contributed by atoms with Crippen LogP contribution in [0.2, 0.25) is 0 Å². The van der Waals surface area contributed by atoms with Gasteiger partial charge in [-0.3, -0.25) is 15.0 Å². The monoisotopic (exact) mass is 314 g/mol. The molecule has 1 heterocycles. The highest BCUT2D eigenvalue weighted by atomic mass is 16.2. The van der Waals surface area contributed by atoms with Gasteiger partial charge >= 0.3 is 0 Å². The zero-order valence-electron chi connectivity index (χ0n) is 13.1. The summed E-state index contributed by atoms with van der Waals surface area (Å²) < 4.78 is 0. The SMILES string of the molecule is CNNC(=O)c1nc(-c2ccc(C(=O)N(C)C)cc2)cnc1N. The van der Waals surface area contributed by atoms with Crippen LogP contribution in [0, 0.1) is 0 Å². The van der Waals surface area contributed by atoms with Gasteiger partial charge in [-0.15, -0.1) is 0 Å². The molecule has 0 aliphatic heterocycles. The summed E-state index contributed by atoms with van der Waals surface area (Å²) in [5.74, 6) is -0.520. The average molecular weight is 314 g/mol. The Balaban J connectivity index is 2.33. The van der Waals surface area contributed by atoms with Gasteiger partial charge < -0.3 is 10.6 Å². The molecule has 0 saturated heterocycles. The van der Waals surface area contributed by atoms with Crippen molar-refractivity contribution in [1.82, 2.24) is 25.7 Å². The van der Waals surface area contributed by atoms with Crippen molar-refractivity contribution in [2.45, 2.75) is 0 Å². The van der Waals surface area contributed by atoms with Gasteiger partial charge in [-0.1, -0.05) is 12.1 Å². The number of carbonyl (C=O) groups is 2. The number of hydrogen-bond donors (Lipinski definition) is 3. The van der Waals surface area contributed by atoms with Crippen LogP contribution >= 0.6 is 0 Å². The van der Waals surface area contributed by atoms with E-state index >= 15 is 0 Å². The van der Waals surface area contributed by atoms with E-state index in [2.05, 4.69) is 20.8 Å². The Morgan fingerprint density at radius 1 is 1.17 bits per heavy atom. The molecule has 120 valence electrons. The molecule has 0 aliphatic carbocycles. The molecule has 2 rings (SSSR count). The van der Waals surface area contributed by atoms with Crippen LogP contribution in [0.5, 0.6) is 0 Å². The van der Waals surface area contributed by atoms with Crippen molar-refractivity contribution in [2.24, 2.45) is 0 Å². The van der Waals surface area contributed by atoms with Gasteiger partial charge in [-0.2, -0.15) is 0 Å². The minimum atomic E-state index is -0.473. The van der Waals surface area contributed by atoms with E-state index in [1.165, 1.54) is 11.1 Å². The highest BCUT2D eigenvalue weighted by Gasteiger charge is 2.14. The maximum Gasteiger partial charge on any atom is 0.287 e. The van der Waals surface area contributed by atoms with Gasteiger partial charge in [-0.05, 0) is 12.1 Å². The van der Waals surface area contributed by atoms with Crippen LogP contribution < -0.4 is 16.6 Å². The highest BCUT2D eigenvalue weighted by Crippen LogP contribution is 2.19. The maximum atomic E-state index is 11.9. The molecule has 23 heavy (non-hydrogen) atoms. The lowest BCUT2D eigenvalue weighted by Gasteiger charge is -2.11. The Bertz CT molecular complexity index is 727. The van der Waals surface area contributed by atoms with E-state index in [4.69, 9.17) is 5.73 Å². The molecule has 0 saturated carbocycles. The van der Waals surface area contributed by atoms with Crippen molar-refractivity contribution >= 4 is 17.6 Å². The number of carbonyl (C=O) groups excluding carboxylic acids is 2. The number of amides is 2. The maximum absolute atomic E-state index is 11.9. The first kappa shape index (κ1) is 16.4. The molecule has 0 aliphatic rings. The molecular formula is C15H18N6O2. The first-order valence-corrected chi connectivity index (χ1v) is 6.85. The van der Waals surface area contributed by atoms with Crippen molar-refractivity contribution in [3.8, 4) is 11.3 Å². The first-order valence-electron chi connectivity index (χ1n) is 6.85. The summed E-state index contributed by atoms with van der Waals surface area (Å²) in [7, 11) is 4.94. The highest BCUT2D eigenvalue weighted by molar-refractivity contribution is 5.96. The van der Waals surface area contributed by atoms with Gasteiger partial charge in [0.05, 0.1) is 11.9 Å². The molecule has 2 aromatic rings. The number of rotatable bonds is 4. The third kappa shape index (κ3) is 3.61. The fourth-order valence-corrected chi connectivity index (χ4v) is 1.92. The van der Waals surface area contributed by atoms with E-state index in [9.17, 15) is 9.59 Å². The molecule has 8 nitrogen and oxygen atoms in total. The van der Waals surface area contributed by atoms with Crippen molar-refractivity contribution < 1.29 is 9.59 Å². The zero-order valence-corrected chi connectivity index (χ0v) is 13.1. The predicted molar refractivity (Wildman–Crippen MR) is 86.4 cm³/mol. The number of nitrogen functional groups attached to an aromatic ring is 1. The molecule has 0 bridgehead atoms. The minimum absolute atomic E-state index is 0.0327. The van der Waals surface area contributed by atoms with Crippen LogP contribution in [-0.4, -0.2) is 47.8 Å². The molecule has 1 aromatic carbocycles. The van der Waals surface area contributed by atoms with Gasteiger partial charge in [0.1, 0.15) is 0 Å². The summed E-state index contributed by atoms with van der Waals surface area (Å²) in [5.41, 5.74) is 12.4. The smallest absolute Gasteiger partial charge is 0.287 e. The molecular weight excluding hydrogens is 296 g/mol. The summed E-state index contributed by atoms with van der Waals surface area (Å²) in [4.78, 5) is 33.5. The number of nitrogens with two attached hydrogens (primary N) is 1. The molecule has 0 unspecified atom stereocenters. The average Bonchev–Trinajstić information content (AvgIpc) is 2.55. The number of nitrogens with zero attached hydrogens (tertiary/aromatic N) is 3. The summed E-state index contributed by atoms with van der Waals surface area (Å²) in [6.07, 6.45) is 1.48. The largest absolute Gasteiger partial charge is 0.382 e. The quantitative estimate of drug-likeness (QED) is 0.699. The number of hydrazine groups is 1. The van der Waals surface area contributed by atoms with Gasteiger partial charge in [0, 0.05) is 32.3 Å². The molecule has 1 aromatic heterocycles. The summed E-state index contributed by atoms with van der Waals surface area (Å²) >= 11 is 0. The molecule has 8 heteroatoms.